The monoisotopic (exact) mass is 126 g/mol. The molecule has 0 bridgehead atoms. The van der Waals surface area contributed by atoms with E-state index in [1.54, 1.807) is 0 Å². The molecule has 0 spiro atoms. The van der Waals surface area contributed by atoms with E-state index in [9.17, 15) is 0 Å². The average Bonchev–Trinajstić information content (AvgIpc) is 2.23. The van der Waals surface area contributed by atoms with E-state index in [0.717, 1.165) is 12.2 Å². The van der Waals surface area contributed by atoms with Crippen molar-refractivity contribution >= 4 is 0 Å². The maximum atomic E-state index is 3.82. The van der Waals surface area contributed by atoms with Crippen molar-refractivity contribution < 1.29 is 0 Å². The summed E-state index contributed by atoms with van der Waals surface area (Å²) < 4.78 is 0. The fourth-order valence-corrected chi connectivity index (χ4v) is 0.447. The lowest BCUT2D eigenvalue weighted by Gasteiger charge is -1.82. The first kappa shape index (κ1) is 8.34. The third kappa shape index (κ3) is 2.40. The smallest absolute Gasteiger partial charge is 0.0831 e. The lowest BCUT2D eigenvalue weighted by molar-refractivity contribution is 1.09. The van der Waals surface area contributed by atoms with Crippen LogP contribution in [0, 0.1) is 0 Å². The number of hydrogen-bond acceptors (Lipinski definition) is 2. The Bertz CT molecular complexity index is 134. The second-order valence-electron chi connectivity index (χ2n) is 1.77. The molecule has 0 radical (unpaired) electrons. The number of rotatable bonds is 0. The predicted molar refractivity (Wildman–Crippen MR) is 39.4 cm³/mol. The van der Waals surface area contributed by atoms with E-state index in [-0.39, 0.29) is 0 Å². The summed E-state index contributed by atoms with van der Waals surface area (Å²) in [5.41, 5.74) is 2.38. The van der Waals surface area contributed by atoms with Crippen LogP contribution in [0.1, 0.15) is 27.7 Å². The summed E-state index contributed by atoms with van der Waals surface area (Å²) in [6.07, 6.45) is 0. The van der Waals surface area contributed by atoms with E-state index in [4.69, 9.17) is 0 Å². The van der Waals surface area contributed by atoms with Gasteiger partial charge in [-0.2, -0.15) is 10.2 Å². The molecule has 0 aromatic rings. The van der Waals surface area contributed by atoms with Crippen molar-refractivity contribution in [3.63, 3.8) is 0 Å². The van der Waals surface area contributed by atoms with Crippen LogP contribution >= 0.6 is 0 Å². The Hall–Kier alpha value is -0.660. The van der Waals surface area contributed by atoms with Gasteiger partial charge in [-0.25, -0.2) is 0 Å². The molecule has 9 heavy (non-hydrogen) atoms. The number of hydrogen-bond donors (Lipinski definition) is 0. The Morgan fingerprint density at radius 2 is 1.78 bits per heavy atom. The van der Waals surface area contributed by atoms with Crippen LogP contribution in [0.5, 0.6) is 0 Å². The minimum Gasteiger partial charge on any atom is -0.184 e. The Morgan fingerprint density at radius 1 is 1.22 bits per heavy atom. The van der Waals surface area contributed by atoms with Gasteiger partial charge in [-0.1, -0.05) is 13.8 Å². The van der Waals surface area contributed by atoms with Gasteiger partial charge < -0.3 is 0 Å². The molecule has 1 aliphatic heterocycles. The standard InChI is InChI=1S/C5H8N2.C2H6/c1-4-3-6-7-5(4)2;1-2/h3H2,1-2H3;1-2H3. The van der Waals surface area contributed by atoms with Crippen LogP contribution < -0.4 is 0 Å². The second kappa shape index (κ2) is 4.24. The van der Waals surface area contributed by atoms with Gasteiger partial charge in [0.05, 0.1) is 12.2 Å². The van der Waals surface area contributed by atoms with Crippen molar-refractivity contribution in [3.05, 3.63) is 11.3 Å². The van der Waals surface area contributed by atoms with E-state index < -0.39 is 0 Å². The highest BCUT2D eigenvalue weighted by Gasteiger charge is 1.98. The molecule has 1 aliphatic rings. The van der Waals surface area contributed by atoms with Gasteiger partial charge in [-0.05, 0) is 19.4 Å². The van der Waals surface area contributed by atoms with Crippen LogP contribution in [-0.4, -0.2) is 6.54 Å². The summed E-state index contributed by atoms with van der Waals surface area (Å²) in [4.78, 5) is 0. The first-order valence-corrected chi connectivity index (χ1v) is 3.34. The topological polar surface area (TPSA) is 24.7 Å². The average molecular weight is 126 g/mol. The van der Waals surface area contributed by atoms with Gasteiger partial charge in [0.15, 0.2) is 0 Å². The summed E-state index contributed by atoms with van der Waals surface area (Å²) in [6.45, 7) is 8.84. The van der Waals surface area contributed by atoms with Gasteiger partial charge >= 0.3 is 0 Å². The van der Waals surface area contributed by atoms with Crippen LogP contribution in [0.15, 0.2) is 21.5 Å². The molecular formula is C7H14N2. The van der Waals surface area contributed by atoms with Gasteiger partial charge in [-0.15, -0.1) is 0 Å². The third-order valence-corrected chi connectivity index (χ3v) is 1.15. The summed E-state index contributed by atoms with van der Waals surface area (Å²) in [6, 6.07) is 0. The minimum atomic E-state index is 0.811. The quantitative estimate of drug-likeness (QED) is 0.477. The molecule has 2 nitrogen and oxygen atoms in total. The van der Waals surface area contributed by atoms with Crippen LogP contribution in [0.4, 0.5) is 0 Å². The molecule has 1 heterocycles. The number of nitrogens with zero attached hydrogens (tertiary/aromatic N) is 2. The molecule has 0 unspecified atom stereocenters. The Balaban J connectivity index is 0.000000291. The lowest BCUT2D eigenvalue weighted by atomic mass is 10.3. The van der Waals surface area contributed by atoms with E-state index in [1.165, 1.54) is 5.57 Å². The summed E-state index contributed by atoms with van der Waals surface area (Å²) in [5, 5.41) is 7.62. The summed E-state index contributed by atoms with van der Waals surface area (Å²) in [5.74, 6) is 0. The zero-order chi connectivity index (χ0) is 7.28. The summed E-state index contributed by atoms with van der Waals surface area (Å²) >= 11 is 0. The van der Waals surface area contributed by atoms with E-state index >= 15 is 0 Å². The summed E-state index contributed by atoms with van der Waals surface area (Å²) in [7, 11) is 0. The van der Waals surface area contributed by atoms with Gasteiger partial charge in [0.2, 0.25) is 0 Å². The van der Waals surface area contributed by atoms with Gasteiger partial charge in [0.1, 0.15) is 0 Å². The van der Waals surface area contributed by atoms with Crippen LogP contribution in [0.25, 0.3) is 0 Å². The second-order valence-corrected chi connectivity index (χ2v) is 1.77. The molecule has 2 heteroatoms. The molecule has 0 fully saturated rings. The molecule has 0 aromatic carbocycles. The minimum absolute atomic E-state index is 0.811. The maximum Gasteiger partial charge on any atom is 0.0831 e. The SMILES string of the molecule is CC.CC1=C(C)N=NC1. The molecule has 0 saturated carbocycles. The fourth-order valence-electron chi connectivity index (χ4n) is 0.447. The molecule has 0 aliphatic carbocycles. The van der Waals surface area contributed by atoms with Crippen LogP contribution in [0.2, 0.25) is 0 Å². The largest absolute Gasteiger partial charge is 0.184 e. The predicted octanol–water partition coefficient (Wildman–Crippen LogP) is 2.77. The van der Waals surface area contributed by atoms with Crippen molar-refractivity contribution in [1.82, 2.24) is 0 Å². The van der Waals surface area contributed by atoms with Crippen molar-refractivity contribution in [1.29, 1.82) is 0 Å². The third-order valence-electron chi connectivity index (χ3n) is 1.15. The van der Waals surface area contributed by atoms with Gasteiger partial charge in [0.25, 0.3) is 0 Å². The van der Waals surface area contributed by atoms with E-state index in [2.05, 4.69) is 17.2 Å². The molecule has 1 rings (SSSR count). The van der Waals surface area contributed by atoms with Gasteiger partial charge in [0, 0.05) is 0 Å². The normalized spacial score (nSPS) is 15.6. The van der Waals surface area contributed by atoms with Crippen molar-refractivity contribution in [2.45, 2.75) is 27.7 Å². The molecule has 0 saturated heterocycles. The zero-order valence-electron chi connectivity index (χ0n) is 6.60. The molecule has 0 atom stereocenters. The highest BCUT2D eigenvalue weighted by Crippen LogP contribution is 2.11. The van der Waals surface area contributed by atoms with Crippen LogP contribution in [-0.2, 0) is 0 Å². The van der Waals surface area contributed by atoms with E-state index in [0.29, 0.717) is 0 Å². The first-order valence-electron chi connectivity index (χ1n) is 3.34. The molecular weight excluding hydrogens is 112 g/mol. The van der Waals surface area contributed by atoms with Crippen molar-refractivity contribution in [2.75, 3.05) is 6.54 Å². The number of allylic oxidation sites excluding steroid dienone is 1. The van der Waals surface area contributed by atoms with E-state index in [1.807, 2.05) is 20.8 Å². The number of azo groups is 1. The van der Waals surface area contributed by atoms with Crippen LogP contribution in [0.3, 0.4) is 0 Å². The fraction of sp³-hybridized carbons (Fsp3) is 0.714. The molecule has 52 valence electrons. The Morgan fingerprint density at radius 3 is 1.89 bits per heavy atom. The zero-order valence-corrected chi connectivity index (χ0v) is 6.60. The lowest BCUT2D eigenvalue weighted by Crippen LogP contribution is -1.74. The van der Waals surface area contributed by atoms with Crippen molar-refractivity contribution in [2.24, 2.45) is 10.2 Å². The van der Waals surface area contributed by atoms with Gasteiger partial charge in [-0.3, -0.25) is 0 Å². The van der Waals surface area contributed by atoms with Crippen molar-refractivity contribution in [3.8, 4) is 0 Å². The Kier molecular flexibility index (Phi) is 3.93. The maximum absolute atomic E-state index is 3.82. The Labute approximate surface area is 56.7 Å². The first-order chi connectivity index (χ1) is 4.30. The molecule has 0 N–H and O–H groups in total. The highest BCUT2D eigenvalue weighted by molar-refractivity contribution is 5.12. The highest BCUT2D eigenvalue weighted by atomic mass is 15.1. The molecule has 0 aromatic heterocycles. The molecule has 0 amide bonds.